The van der Waals surface area contributed by atoms with Crippen molar-refractivity contribution in [3.05, 3.63) is 64.9 Å². The van der Waals surface area contributed by atoms with Gasteiger partial charge in [0.1, 0.15) is 5.70 Å². The molecule has 0 atom stereocenters. The van der Waals surface area contributed by atoms with E-state index < -0.39 is 0 Å². The van der Waals surface area contributed by atoms with E-state index in [4.69, 9.17) is 16.2 Å². The molecule has 37 heavy (non-hydrogen) atoms. The van der Waals surface area contributed by atoms with Crippen LogP contribution in [0.15, 0.2) is 48.2 Å². The molecule has 3 aliphatic rings. The quantitative estimate of drug-likeness (QED) is 0.367. The Kier molecular flexibility index (Phi) is 7.00. The molecule has 0 radical (unpaired) electrons. The number of likely N-dealkylation sites (tertiary alicyclic amines) is 1. The van der Waals surface area contributed by atoms with E-state index in [0.29, 0.717) is 54.9 Å². The van der Waals surface area contributed by atoms with Gasteiger partial charge in [0.05, 0.1) is 18.9 Å². The summed E-state index contributed by atoms with van der Waals surface area (Å²) in [4.78, 5) is 28.1. The molecular formula is C27H34N7O3+. The summed E-state index contributed by atoms with van der Waals surface area (Å²) in [5, 5.41) is 0. The third-order valence-electron chi connectivity index (χ3n) is 7.33. The molecule has 0 bridgehead atoms. The van der Waals surface area contributed by atoms with E-state index in [1.807, 2.05) is 51.0 Å². The SMILES string of the molecule is CC(=O)N1CCC(c2ccc(N)c(C(N)=C3C=[N+](c4ccc(C(=O)N5CCOCC5)cc4)NN3)c2)CC1. The zero-order valence-corrected chi connectivity index (χ0v) is 21.1. The summed E-state index contributed by atoms with van der Waals surface area (Å²) in [6.07, 6.45) is 3.71. The Morgan fingerprint density at radius 1 is 1.00 bits per heavy atom. The van der Waals surface area contributed by atoms with Crippen LogP contribution in [-0.4, -0.2) is 71.9 Å². The van der Waals surface area contributed by atoms with Crippen LogP contribution in [0.1, 0.15) is 47.2 Å². The Labute approximate surface area is 216 Å². The van der Waals surface area contributed by atoms with Gasteiger partial charge in [0, 0.05) is 62.0 Å². The number of amides is 2. The first-order valence-electron chi connectivity index (χ1n) is 12.7. The maximum absolute atomic E-state index is 12.7. The number of allylic oxidation sites excluding steroid dienone is 1. The van der Waals surface area contributed by atoms with Crippen molar-refractivity contribution in [2.45, 2.75) is 25.7 Å². The lowest BCUT2D eigenvalue weighted by Gasteiger charge is -2.31. The van der Waals surface area contributed by atoms with Crippen LogP contribution in [0.4, 0.5) is 11.4 Å². The summed E-state index contributed by atoms with van der Waals surface area (Å²) in [5.74, 6) is 0.503. The van der Waals surface area contributed by atoms with Crippen molar-refractivity contribution in [3.8, 4) is 0 Å². The number of morpholine rings is 1. The molecule has 3 aliphatic heterocycles. The number of rotatable bonds is 4. The lowest BCUT2D eigenvalue weighted by molar-refractivity contribution is -0.502. The van der Waals surface area contributed by atoms with Crippen LogP contribution in [0.3, 0.4) is 0 Å². The molecule has 10 nitrogen and oxygen atoms in total. The minimum Gasteiger partial charge on any atom is -0.398 e. The zero-order valence-electron chi connectivity index (χ0n) is 21.1. The van der Waals surface area contributed by atoms with Crippen LogP contribution in [0.2, 0.25) is 0 Å². The van der Waals surface area contributed by atoms with Gasteiger partial charge in [-0.25, -0.2) is 5.43 Å². The Morgan fingerprint density at radius 3 is 2.38 bits per heavy atom. The third kappa shape index (κ3) is 5.24. The maximum Gasteiger partial charge on any atom is 0.254 e. The number of ether oxygens (including phenoxy) is 1. The maximum atomic E-state index is 12.7. The van der Waals surface area contributed by atoms with Gasteiger partial charge in [-0.05, 0) is 48.6 Å². The lowest BCUT2D eigenvalue weighted by Crippen LogP contribution is -2.40. The molecule has 0 saturated carbocycles. The van der Waals surface area contributed by atoms with Crippen LogP contribution < -0.4 is 22.4 Å². The Balaban J connectivity index is 1.32. The number of nitrogen functional groups attached to an aromatic ring is 1. The van der Waals surface area contributed by atoms with Crippen LogP contribution in [0.5, 0.6) is 0 Å². The average molecular weight is 505 g/mol. The number of hydrogen-bond donors (Lipinski definition) is 4. The number of nitrogens with zero attached hydrogens (tertiary/aromatic N) is 3. The van der Waals surface area contributed by atoms with Crippen molar-refractivity contribution in [2.75, 3.05) is 45.1 Å². The summed E-state index contributed by atoms with van der Waals surface area (Å²) in [7, 11) is 0. The van der Waals surface area contributed by atoms with Gasteiger partial charge in [-0.15, -0.1) is 0 Å². The van der Waals surface area contributed by atoms with Crippen molar-refractivity contribution in [1.29, 1.82) is 0 Å². The second-order valence-corrected chi connectivity index (χ2v) is 9.64. The molecule has 3 heterocycles. The van der Waals surface area contributed by atoms with Crippen molar-refractivity contribution in [1.82, 2.24) is 20.8 Å². The molecule has 0 spiro atoms. The van der Waals surface area contributed by atoms with Crippen LogP contribution in [0, 0.1) is 0 Å². The molecule has 2 aromatic rings. The number of nitrogens with one attached hydrogen (secondary N) is 2. The number of benzene rings is 2. The molecule has 2 fully saturated rings. The molecular weight excluding hydrogens is 470 g/mol. The van der Waals surface area contributed by atoms with Gasteiger partial charge in [-0.3, -0.25) is 9.59 Å². The molecule has 6 N–H and O–H groups in total. The van der Waals surface area contributed by atoms with Gasteiger partial charge >= 0.3 is 0 Å². The zero-order chi connectivity index (χ0) is 25.9. The van der Waals surface area contributed by atoms with Crippen LogP contribution >= 0.6 is 0 Å². The minimum atomic E-state index is 0.0125. The first kappa shape index (κ1) is 24.6. The number of hydrazone groups is 1. The monoisotopic (exact) mass is 504 g/mol. The normalized spacial score (nSPS) is 19.6. The average Bonchev–Trinajstić information content (AvgIpc) is 3.44. The highest BCUT2D eigenvalue weighted by Gasteiger charge is 2.25. The second-order valence-electron chi connectivity index (χ2n) is 9.64. The molecule has 5 rings (SSSR count). The number of nitrogens with two attached hydrogens (primary N) is 2. The van der Waals surface area contributed by atoms with Crippen molar-refractivity contribution >= 4 is 35.1 Å². The summed E-state index contributed by atoms with van der Waals surface area (Å²) in [6.45, 7) is 5.53. The number of hydrazine groups is 2. The molecule has 2 amide bonds. The Hall–Kier alpha value is -4.05. The summed E-state index contributed by atoms with van der Waals surface area (Å²) >= 11 is 0. The highest BCUT2D eigenvalue weighted by atomic mass is 16.5. The predicted octanol–water partition coefficient (Wildman–Crippen LogP) is 1.53. The number of carbonyl (C=O) groups excluding carboxylic acids is 2. The van der Waals surface area contributed by atoms with Crippen molar-refractivity contribution in [2.24, 2.45) is 5.73 Å². The van der Waals surface area contributed by atoms with E-state index in [1.165, 1.54) is 5.56 Å². The number of anilines is 1. The second kappa shape index (κ2) is 10.5. The van der Waals surface area contributed by atoms with E-state index in [2.05, 4.69) is 23.1 Å². The van der Waals surface area contributed by atoms with E-state index in [0.717, 1.165) is 37.2 Å². The topological polar surface area (TPSA) is 129 Å². The van der Waals surface area contributed by atoms with Crippen molar-refractivity contribution in [3.63, 3.8) is 0 Å². The third-order valence-corrected chi connectivity index (χ3v) is 7.33. The van der Waals surface area contributed by atoms with Gasteiger partial charge in [-0.2, -0.15) is 0 Å². The standard InChI is InChI=1S/C27H33N7O3/c1-18(35)32-10-8-19(9-11-32)21-4-7-24(28)23(16-21)26(29)25-17-34(31-30-25)22-5-2-20(3-6-22)27(36)33-12-14-37-15-13-33/h2-7,16-17,19,30-31H,8-15H2,1H3,(H3,28,29)/p+1. The molecule has 194 valence electrons. The van der Waals surface area contributed by atoms with E-state index in [9.17, 15) is 9.59 Å². The predicted molar refractivity (Wildman–Crippen MR) is 142 cm³/mol. The van der Waals surface area contributed by atoms with E-state index >= 15 is 0 Å². The molecule has 0 aromatic heterocycles. The lowest BCUT2D eigenvalue weighted by atomic mass is 9.87. The van der Waals surface area contributed by atoms with Crippen molar-refractivity contribution < 1.29 is 19.0 Å². The van der Waals surface area contributed by atoms with Crippen LogP contribution in [0.25, 0.3) is 5.70 Å². The number of hydrogen-bond acceptors (Lipinski definition) is 7. The Bertz CT molecular complexity index is 1240. The molecule has 2 aromatic carbocycles. The molecule has 2 saturated heterocycles. The largest absolute Gasteiger partial charge is 0.398 e. The molecule has 0 unspecified atom stereocenters. The van der Waals surface area contributed by atoms with Gasteiger partial charge in [0.2, 0.25) is 17.8 Å². The molecule has 0 aliphatic carbocycles. The van der Waals surface area contributed by atoms with Gasteiger partial charge in [-0.1, -0.05) is 16.3 Å². The summed E-state index contributed by atoms with van der Waals surface area (Å²) in [6, 6.07) is 13.5. The number of piperidine rings is 1. The molecule has 10 heteroatoms. The Morgan fingerprint density at radius 2 is 1.70 bits per heavy atom. The first-order chi connectivity index (χ1) is 17.9. The van der Waals surface area contributed by atoms with Crippen LogP contribution in [-0.2, 0) is 9.53 Å². The summed E-state index contributed by atoms with van der Waals surface area (Å²) < 4.78 is 7.14. The van der Waals surface area contributed by atoms with Gasteiger partial charge < -0.3 is 26.0 Å². The fourth-order valence-electron chi connectivity index (χ4n) is 5.04. The smallest absolute Gasteiger partial charge is 0.254 e. The fraction of sp³-hybridized carbons (Fsp3) is 0.370. The van der Waals surface area contributed by atoms with Gasteiger partial charge in [0.25, 0.3) is 5.91 Å². The number of carbonyl (C=O) groups is 2. The van der Waals surface area contributed by atoms with Gasteiger partial charge in [0.15, 0.2) is 0 Å². The van der Waals surface area contributed by atoms with E-state index in [1.54, 1.807) is 6.92 Å². The van der Waals surface area contributed by atoms with E-state index in [-0.39, 0.29) is 11.8 Å². The minimum absolute atomic E-state index is 0.0125. The highest BCUT2D eigenvalue weighted by Crippen LogP contribution is 2.32. The first-order valence-corrected chi connectivity index (χ1v) is 12.7. The summed E-state index contributed by atoms with van der Waals surface area (Å²) in [5.41, 5.74) is 24.4. The fourth-order valence-corrected chi connectivity index (χ4v) is 5.04. The highest BCUT2D eigenvalue weighted by molar-refractivity contribution is 5.94.